The van der Waals surface area contributed by atoms with E-state index in [-0.39, 0.29) is 12.1 Å². The van der Waals surface area contributed by atoms with E-state index in [1.807, 2.05) is 0 Å². The largest absolute Gasteiger partial charge is 0.496 e. The lowest BCUT2D eigenvalue weighted by atomic mass is 10.1. The van der Waals surface area contributed by atoms with E-state index in [1.165, 1.54) is 33.3 Å². The molecule has 1 saturated heterocycles. The molecule has 8 heteroatoms. The van der Waals surface area contributed by atoms with Gasteiger partial charge < -0.3 is 19.5 Å². The number of methoxy groups -OCH3 is 2. The number of benzene rings is 1. The molecule has 1 aliphatic heterocycles. The summed E-state index contributed by atoms with van der Waals surface area (Å²) in [6.45, 7) is 3.86. The van der Waals surface area contributed by atoms with Crippen LogP contribution in [0.5, 0.6) is 11.5 Å². The molecule has 1 atom stereocenters. The van der Waals surface area contributed by atoms with Crippen molar-refractivity contribution in [3.63, 3.8) is 0 Å². The second-order valence-electron chi connectivity index (χ2n) is 5.28. The van der Waals surface area contributed by atoms with Gasteiger partial charge in [0.2, 0.25) is 0 Å². The van der Waals surface area contributed by atoms with E-state index in [2.05, 4.69) is 5.32 Å². The number of amides is 3. The van der Waals surface area contributed by atoms with E-state index in [0.29, 0.717) is 18.0 Å². The van der Waals surface area contributed by atoms with Crippen LogP contribution in [0.2, 0.25) is 0 Å². The first kappa shape index (κ1) is 17.6. The number of urea groups is 1. The molecule has 0 bridgehead atoms. The summed E-state index contributed by atoms with van der Waals surface area (Å²) >= 11 is 0. The van der Waals surface area contributed by atoms with Gasteiger partial charge in [0, 0.05) is 18.7 Å². The number of rotatable bonds is 5. The SMILES string of the molecule is COc1cc(C(=O)OC(C)C(=O)N2CCNC2=O)cc(OC)c1C. The molecule has 1 aromatic carbocycles. The Morgan fingerprint density at radius 3 is 2.25 bits per heavy atom. The minimum Gasteiger partial charge on any atom is -0.496 e. The molecule has 2 rings (SSSR count). The Hall–Kier alpha value is -2.77. The molecule has 8 nitrogen and oxygen atoms in total. The van der Waals surface area contributed by atoms with Crippen LogP contribution in [0.15, 0.2) is 12.1 Å². The summed E-state index contributed by atoms with van der Waals surface area (Å²) in [5.41, 5.74) is 0.939. The van der Waals surface area contributed by atoms with Crippen molar-refractivity contribution in [1.29, 1.82) is 0 Å². The number of carbonyl (C=O) groups excluding carboxylic acids is 3. The average Bonchev–Trinajstić information content (AvgIpc) is 3.00. The molecule has 1 fully saturated rings. The van der Waals surface area contributed by atoms with Gasteiger partial charge in [0.25, 0.3) is 5.91 Å². The molecule has 130 valence electrons. The third-order valence-corrected chi connectivity index (χ3v) is 3.74. The van der Waals surface area contributed by atoms with Crippen molar-refractivity contribution in [3.8, 4) is 11.5 Å². The van der Waals surface area contributed by atoms with Crippen molar-refractivity contribution in [2.24, 2.45) is 0 Å². The molecular formula is C16H20N2O6. The summed E-state index contributed by atoms with van der Waals surface area (Å²) in [5, 5.41) is 2.52. The maximum absolute atomic E-state index is 12.3. The highest BCUT2D eigenvalue weighted by atomic mass is 16.5. The van der Waals surface area contributed by atoms with Crippen molar-refractivity contribution in [3.05, 3.63) is 23.3 Å². The smallest absolute Gasteiger partial charge is 0.339 e. The molecule has 1 heterocycles. The fourth-order valence-corrected chi connectivity index (χ4v) is 2.38. The molecule has 1 aliphatic rings. The highest BCUT2D eigenvalue weighted by molar-refractivity contribution is 5.99. The fraction of sp³-hybridized carbons (Fsp3) is 0.438. The van der Waals surface area contributed by atoms with Gasteiger partial charge in [-0.3, -0.25) is 9.69 Å². The van der Waals surface area contributed by atoms with Gasteiger partial charge in [0.05, 0.1) is 19.8 Å². The maximum atomic E-state index is 12.3. The molecule has 3 amide bonds. The number of esters is 1. The van der Waals surface area contributed by atoms with Crippen LogP contribution in [-0.2, 0) is 9.53 Å². The molecular weight excluding hydrogens is 316 g/mol. The Labute approximate surface area is 139 Å². The van der Waals surface area contributed by atoms with Crippen LogP contribution in [0, 0.1) is 6.92 Å². The molecule has 0 saturated carbocycles. The number of carbonyl (C=O) groups is 3. The molecule has 1 N–H and O–H groups in total. The van der Waals surface area contributed by atoms with Crippen LogP contribution < -0.4 is 14.8 Å². The van der Waals surface area contributed by atoms with Gasteiger partial charge in [-0.15, -0.1) is 0 Å². The summed E-state index contributed by atoms with van der Waals surface area (Å²) < 4.78 is 15.6. The Kier molecular flexibility index (Phi) is 5.28. The summed E-state index contributed by atoms with van der Waals surface area (Å²) in [6, 6.07) is 2.54. The molecule has 24 heavy (non-hydrogen) atoms. The quantitative estimate of drug-likeness (QED) is 0.810. The van der Waals surface area contributed by atoms with Gasteiger partial charge in [0.1, 0.15) is 11.5 Å². The number of hydrogen-bond acceptors (Lipinski definition) is 6. The fourth-order valence-electron chi connectivity index (χ4n) is 2.38. The minimum atomic E-state index is -1.08. The van der Waals surface area contributed by atoms with Gasteiger partial charge in [-0.25, -0.2) is 9.59 Å². The van der Waals surface area contributed by atoms with Crippen molar-refractivity contribution in [2.45, 2.75) is 20.0 Å². The lowest BCUT2D eigenvalue weighted by Gasteiger charge is -2.18. The molecule has 0 aromatic heterocycles. The number of imide groups is 1. The van der Waals surface area contributed by atoms with E-state index >= 15 is 0 Å². The lowest BCUT2D eigenvalue weighted by molar-refractivity contribution is -0.136. The number of ether oxygens (including phenoxy) is 3. The zero-order valence-electron chi connectivity index (χ0n) is 14.0. The van der Waals surface area contributed by atoms with Gasteiger partial charge in [-0.1, -0.05) is 0 Å². The summed E-state index contributed by atoms with van der Waals surface area (Å²) in [5.74, 6) is -0.324. The Morgan fingerprint density at radius 2 is 1.79 bits per heavy atom. The Balaban J connectivity index is 2.14. The van der Waals surface area contributed by atoms with E-state index in [9.17, 15) is 14.4 Å². The predicted octanol–water partition coefficient (Wildman–Crippen LogP) is 1.11. The van der Waals surface area contributed by atoms with E-state index < -0.39 is 24.0 Å². The first-order chi connectivity index (χ1) is 11.4. The van der Waals surface area contributed by atoms with E-state index in [4.69, 9.17) is 14.2 Å². The first-order valence-electron chi connectivity index (χ1n) is 7.41. The zero-order chi connectivity index (χ0) is 17.9. The predicted molar refractivity (Wildman–Crippen MR) is 84.3 cm³/mol. The monoisotopic (exact) mass is 336 g/mol. The zero-order valence-corrected chi connectivity index (χ0v) is 14.0. The van der Waals surface area contributed by atoms with Gasteiger partial charge in [0.15, 0.2) is 6.10 Å². The second-order valence-corrected chi connectivity index (χ2v) is 5.28. The van der Waals surface area contributed by atoms with Crippen molar-refractivity contribution in [2.75, 3.05) is 27.3 Å². The summed E-state index contributed by atoms with van der Waals surface area (Å²) in [7, 11) is 2.96. The van der Waals surface area contributed by atoms with Crippen LogP contribution in [0.4, 0.5) is 4.79 Å². The third-order valence-electron chi connectivity index (χ3n) is 3.74. The summed E-state index contributed by atoms with van der Waals surface area (Å²) in [4.78, 5) is 37.0. The van der Waals surface area contributed by atoms with Crippen LogP contribution in [0.3, 0.4) is 0 Å². The van der Waals surface area contributed by atoms with Crippen LogP contribution in [0.1, 0.15) is 22.8 Å². The van der Waals surface area contributed by atoms with E-state index in [0.717, 1.165) is 10.5 Å². The normalized spacial score (nSPS) is 14.8. The van der Waals surface area contributed by atoms with Crippen molar-refractivity contribution >= 4 is 17.9 Å². The average molecular weight is 336 g/mol. The molecule has 0 spiro atoms. The molecule has 1 aromatic rings. The number of nitrogens with zero attached hydrogens (tertiary/aromatic N) is 1. The molecule has 0 aliphatic carbocycles. The number of hydrogen-bond donors (Lipinski definition) is 1. The Morgan fingerprint density at radius 1 is 1.21 bits per heavy atom. The van der Waals surface area contributed by atoms with E-state index in [1.54, 1.807) is 6.92 Å². The van der Waals surface area contributed by atoms with Crippen LogP contribution in [0.25, 0.3) is 0 Å². The lowest BCUT2D eigenvalue weighted by Crippen LogP contribution is -2.41. The highest BCUT2D eigenvalue weighted by Crippen LogP contribution is 2.29. The first-order valence-corrected chi connectivity index (χ1v) is 7.41. The van der Waals surface area contributed by atoms with Crippen molar-refractivity contribution < 1.29 is 28.6 Å². The molecule has 1 unspecified atom stereocenters. The topological polar surface area (TPSA) is 94.2 Å². The second kappa shape index (κ2) is 7.20. The minimum absolute atomic E-state index is 0.194. The summed E-state index contributed by atoms with van der Waals surface area (Å²) in [6.07, 6.45) is -1.08. The standard InChI is InChI=1S/C16H20N2O6/c1-9-12(22-3)7-11(8-13(9)23-4)15(20)24-10(2)14(19)18-6-5-17-16(18)21/h7-8,10H,5-6H2,1-4H3,(H,17,21). The van der Waals surface area contributed by atoms with Crippen LogP contribution in [-0.4, -0.2) is 56.2 Å². The highest BCUT2D eigenvalue weighted by Gasteiger charge is 2.32. The van der Waals surface area contributed by atoms with Gasteiger partial charge in [-0.05, 0) is 26.0 Å². The van der Waals surface area contributed by atoms with Crippen LogP contribution >= 0.6 is 0 Å². The Bertz CT molecular complexity index is 648. The van der Waals surface area contributed by atoms with Crippen molar-refractivity contribution in [1.82, 2.24) is 10.2 Å². The van der Waals surface area contributed by atoms with Gasteiger partial charge in [-0.2, -0.15) is 0 Å². The third kappa shape index (κ3) is 3.42. The maximum Gasteiger partial charge on any atom is 0.339 e. The number of nitrogens with one attached hydrogen (secondary N) is 1. The molecule has 0 radical (unpaired) electrons. The van der Waals surface area contributed by atoms with Gasteiger partial charge >= 0.3 is 12.0 Å².